The Hall–Kier alpha value is -1.31. The lowest BCUT2D eigenvalue weighted by molar-refractivity contribution is -0.132. The van der Waals surface area contributed by atoms with Crippen molar-refractivity contribution in [2.24, 2.45) is 0 Å². The molecule has 7 nitrogen and oxygen atoms in total. The first kappa shape index (κ1) is 15.1. The molecular weight excluding hydrogens is 284 g/mol. The van der Waals surface area contributed by atoms with Gasteiger partial charge >= 0.3 is 6.09 Å². The van der Waals surface area contributed by atoms with E-state index >= 15 is 0 Å². The molecule has 8 heteroatoms. The summed E-state index contributed by atoms with van der Waals surface area (Å²) in [6.07, 6.45) is 0.623. The lowest BCUT2D eigenvalue weighted by atomic mass is 10.1. The summed E-state index contributed by atoms with van der Waals surface area (Å²) in [5, 5.41) is 0. The number of carbonyl (C=O) groups excluding carboxylic acids is 2. The summed E-state index contributed by atoms with van der Waals surface area (Å²) in [5.41, 5.74) is 0. The first-order valence-electron chi connectivity index (χ1n) is 6.66. The minimum Gasteiger partial charge on any atom is -0.444 e. The molecule has 0 aromatic heterocycles. The van der Waals surface area contributed by atoms with E-state index in [9.17, 15) is 18.0 Å². The van der Waals surface area contributed by atoms with Crippen LogP contribution in [0.15, 0.2) is 0 Å². The van der Waals surface area contributed by atoms with Crippen LogP contribution in [0.5, 0.6) is 0 Å². The van der Waals surface area contributed by atoms with Gasteiger partial charge in [0.2, 0.25) is 5.91 Å². The second-order valence-corrected chi connectivity index (χ2v) is 7.72. The Bertz CT molecular complexity index is 504. The molecule has 0 aromatic rings. The number of hydrogen-bond donors (Lipinski definition) is 0. The van der Waals surface area contributed by atoms with E-state index in [1.54, 1.807) is 14.1 Å². The fourth-order valence-electron chi connectivity index (χ4n) is 2.55. The molecule has 2 heterocycles. The Morgan fingerprint density at radius 3 is 2.70 bits per heavy atom. The van der Waals surface area contributed by atoms with E-state index in [4.69, 9.17) is 4.74 Å². The van der Waals surface area contributed by atoms with Crippen molar-refractivity contribution in [2.75, 3.05) is 32.1 Å². The smallest absolute Gasteiger partial charge is 0.409 e. The maximum atomic E-state index is 12.0. The zero-order valence-corrected chi connectivity index (χ0v) is 12.6. The third-order valence-corrected chi connectivity index (χ3v) is 5.64. The third kappa shape index (κ3) is 3.41. The lowest BCUT2D eigenvalue weighted by Gasteiger charge is -2.23. The van der Waals surface area contributed by atoms with E-state index in [0.29, 0.717) is 19.4 Å². The molecule has 114 valence electrons. The normalized spacial score (nSPS) is 28.5. The van der Waals surface area contributed by atoms with Gasteiger partial charge in [0.1, 0.15) is 6.10 Å². The molecule has 2 aliphatic rings. The minimum absolute atomic E-state index is 0.0520. The summed E-state index contributed by atoms with van der Waals surface area (Å²) < 4.78 is 27.9. The van der Waals surface area contributed by atoms with Crippen LogP contribution < -0.4 is 0 Å². The number of hydrogen-bond acceptors (Lipinski definition) is 5. The fourth-order valence-corrected chi connectivity index (χ4v) is 4.32. The van der Waals surface area contributed by atoms with Crippen LogP contribution in [-0.2, 0) is 19.4 Å². The van der Waals surface area contributed by atoms with Crippen LogP contribution in [0.2, 0.25) is 0 Å². The highest BCUT2D eigenvalue weighted by molar-refractivity contribution is 7.91. The molecule has 2 atom stereocenters. The number of rotatable bonds is 4. The summed E-state index contributed by atoms with van der Waals surface area (Å²) in [5.74, 6) is 0.106. The lowest BCUT2D eigenvalue weighted by Crippen LogP contribution is -2.38. The van der Waals surface area contributed by atoms with E-state index in [2.05, 4.69) is 0 Å². The Labute approximate surface area is 118 Å². The van der Waals surface area contributed by atoms with Crippen molar-refractivity contribution in [3.63, 3.8) is 0 Å². The summed E-state index contributed by atoms with van der Waals surface area (Å²) in [4.78, 5) is 26.2. The van der Waals surface area contributed by atoms with Crippen molar-refractivity contribution in [1.82, 2.24) is 9.80 Å². The number of amides is 2. The van der Waals surface area contributed by atoms with Gasteiger partial charge in [-0.3, -0.25) is 4.79 Å². The van der Waals surface area contributed by atoms with Gasteiger partial charge in [0.25, 0.3) is 0 Å². The summed E-state index contributed by atoms with van der Waals surface area (Å²) in [7, 11) is 0.303. The van der Waals surface area contributed by atoms with Crippen LogP contribution >= 0.6 is 0 Å². The molecule has 2 aliphatic heterocycles. The van der Waals surface area contributed by atoms with Gasteiger partial charge in [0.05, 0.1) is 18.1 Å². The topological polar surface area (TPSA) is 84.0 Å². The van der Waals surface area contributed by atoms with Crippen LogP contribution in [0, 0.1) is 0 Å². The largest absolute Gasteiger partial charge is 0.444 e. The zero-order valence-electron chi connectivity index (χ0n) is 11.7. The SMILES string of the molecule is CN1CC(CCC(=O)N(C)C2CCS(=O)(=O)C2)OC1=O. The predicted molar refractivity (Wildman–Crippen MR) is 72.0 cm³/mol. The molecule has 2 rings (SSSR count). The Morgan fingerprint density at radius 2 is 2.20 bits per heavy atom. The molecule has 0 N–H and O–H groups in total. The molecule has 0 aliphatic carbocycles. The van der Waals surface area contributed by atoms with E-state index in [-0.39, 0.29) is 42.1 Å². The maximum absolute atomic E-state index is 12.0. The number of cyclic esters (lactones) is 1. The van der Waals surface area contributed by atoms with E-state index in [1.807, 2.05) is 0 Å². The molecule has 2 unspecified atom stereocenters. The first-order chi connectivity index (χ1) is 9.28. The number of nitrogens with zero attached hydrogens (tertiary/aromatic N) is 2. The van der Waals surface area contributed by atoms with E-state index < -0.39 is 9.84 Å². The second-order valence-electron chi connectivity index (χ2n) is 5.49. The van der Waals surface area contributed by atoms with Gasteiger partial charge in [-0.15, -0.1) is 0 Å². The molecule has 20 heavy (non-hydrogen) atoms. The van der Waals surface area contributed by atoms with E-state index in [0.717, 1.165) is 0 Å². The quantitative estimate of drug-likeness (QED) is 0.722. The molecular formula is C12H20N2O5S. The number of sulfone groups is 1. The maximum Gasteiger partial charge on any atom is 0.409 e. The molecule has 2 fully saturated rings. The minimum atomic E-state index is -2.99. The number of likely N-dealkylation sites (N-methyl/N-ethyl adjacent to an activating group) is 1. The molecule has 0 aromatic carbocycles. The van der Waals surface area contributed by atoms with Crippen molar-refractivity contribution in [2.45, 2.75) is 31.4 Å². The molecule has 0 radical (unpaired) electrons. The van der Waals surface area contributed by atoms with Crippen LogP contribution in [0.4, 0.5) is 4.79 Å². The second kappa shape index (κ2) is 5.59. The highest BCUT2D eigenvalue weighted by Gasteiger charge is 2.33. The van der Waals surface area contributed by atoms with Crippen LogP contribution in [0.3, 0.4) is 0 Å². The fraction of sp³-hybridized carbons (Fsp3) is 0.833. The molecule has 0 saturated carbocycles. The molecule has 2 saturated heterocycles. The van der Waals surface area contributed by atoms with Gasteiger partial charge in [0, 0.05) is 26.6 Å². The summed E-state index contributed by atoms with van der Waals surface area (Å²) >= 11 is 0. The van der Waals surface area contributed by atoms with Gasteiger partial charge in [0.15, 0.2) is 9.84 Å². The Morgan fingerprint density at radius 1 is 1.50 bits per heavy atom. The highest BCUT2D eigenvalue weighted by Crippen LogP contribution is 2.19. The number of ether oxygens (including phenoxy) is 1. The average Bonchev–Trinajstić information content (AvgIpc) is 2.89. The summed E-state index contributed by atoms with van der Waals surface area (Å²) in [6.45, 7) is 0.494. The van der Waals surface area contributed by atoms with Gasteiger partial charge < -0.3 is 14.5 Å². The molecule has 0 spiro atoms. The van der Waals surface area contributed by atoms with Crippen LogP contribution in [0.25, 0.3) is 0 Å². The monoisotopic (exact) mass is 304 g/mol. The zero-order chi connectivity index (χ0) is 14.9. The van der Waals surface area contributed by atoms with Crippen molar-refractivity contribution in [3.05, 3.63) is 0 Å². The van der Waals surface area contributed by atoms with Crippen LogP contribution in [-0.4, -0.2) is 74.5 Å². The number of carbonyl (C=O) groups is 2. The average molecular weight is 304 g/mol. The van der Waals surface area contributed by atoms with E-state index in [1.165, 1.54) is 9.80 Å². The molecule has 2 amide bonds. The van der Waals surface area contributed by atoms with Crippen molar-refractivity contribution in [3.8, 4) is 0 Å². The first-order valence-corrected chi connectivity index (χ1v) is 8.48. The Balaban J connectivity index is 1.79. The predicted octanol–water partition coefficient (Wildman–Crippen LogP) is -0.137. The highest BCUT2D eigenvalue weighted by atomic mass is 32.2. The van der Waals surface area contributed by atoms with Crippen molar-refractivity contribution in [1.29, 1.82) is 0 Å². The van der Waals surface area contributed by atoms with Gasteiger partial charge in [-0.25, -0.2) is 13.2 Å². The summed E-state index contributed by atoms with van der Waals surface area (Å²) in [6, 6.07) is -0.221. The van der Waals surface area contributed by atoms with Gasteiger partial charge in [-0.2, -0.15) is 0 Å². The van der Waals surface area contributed by atoms with Crippen molar-refractivity contribution >= 4 is 21.8 Å². The third-order valence-electron chi connectivity index (χ3n) is 3.89. The standard InChI is InChI=1S/C12H20N2O5S/c1-13-7-10(19-12(13)16)3-4-11(15)14(2)9-5-6-20(17,18)8-9/h9-10H,3-8H2,1-2H3. The Kier molecular flexibility index (Phi) is 4.22. The molecule has 0 bridgehead atoms. The van der Waals surface area contributed by atoms with Gasteiger partial charge in [-0.1, -0.05) is 0 Å². The van der Waals surface area contributed by atoms with Gasteiger partial charge in [-0.05, 0) is 12.8 Å². The van der Waals surface area contributed by atoms with Crippen molar-refractivity contribution < 1.29 is 22.7 Å². The van der Waals surface area contributed by atoms with Crippen LogP contribution in [0.1, 0.15) is 19.3 Å².